The van der Waals surface area contributed by atoms with Gasteiger partial charge in [0.05, 0.1) is 68.1 Å². The molecule has 4 unspecified atom stereocenters. The third-order valence-corrected chi connectivity index (χ3v) is 26.6. The topological polar surface area (TPSA) is 514 Å². The van der Waals surface area contributed by atoms with Crippen molar-refractivity contribution >= 4 is 95.0 Å². The number of benzene rings is 6. The predicted octanol–water partition coefficient (Wildman–Crippen LogP) is 12.4. The van der Waals surface area contributed by atoms with Crippen LogP contribution in [0.4, 0.5) is 26.7 Å². The minimum absolute atomic E-state index is 0. The van der Waals surface area contributed by atoms with Crippen LogP contribution in [0.25, 0.3) is 43.9 Å². The number of azide groups is 1. The third kappa shape index (κ3) is 32.6. The Bertz CT molecular complexity index is 5150. The van der Waals surface area contributed by atoms with Crippen molar-refractivity contribution in [1.29, 1.82) is 0 Å². The second-order valence-corrected chi connectivity index (χ2v) is 37.7. The van der Waals surface area contributed by atoms with E-state index < -0.39 is 67.3 Å². The number of carbonyl (C=O) groups excluding carboxylic acids is 7. The first kappa shape index (κ1) is 109. The summed E-state index contributed by atoms with van der Waals surface area (Å²) >= 11 is 5.55. The Morgan fingerprint density at radius 2 is 1.23 bits per heavy atom. The standard InChI is InChI=1S/C29H33ClN2O7Si.C22H35N7O6.C22H26N2O4.C14H23N3O2.C7H9NO.CH4/c1-8-17-18-12-16(38-39-40(6,7)28(3,4)5)10-11-22(18)31-24-19(17)14-32-23(24)13-21-20(25(32)33)15-36-26(34)29(21,9-2)37-27(30)35;1-24-9-3-2-4-19(22(33)27-18-7-5-17(14-30)6-8-18)28-21(32)16-35-15-20(31)25-10-12-34-13-11-26-29-23;1-23-13-7-6-12-20(21(25)26)24-22(27)28-14-19-17-10-4-2-8-15(17)16-9-3-5-11-18(16)19;1-16-9-3-2-4-13(15)14(19)17-12-7-5-11(10-18)6-8-12;8-7-3-1-6(5-9)2-4-7;/h10-13H,8-9,14-15H2,1-7H3;5-8,19,24,30H,2-4,9-16H2,1H3,(H,25,31)(H,27,33)(H,28,32);2-5,8-11,19-20,23H,6-7,12-14H2,1H3,(H,24,27)(H,25,26);5-8,13,16,18H,2-4,9-10,15H2,1H3,(H,17,19);1-4,9H,5,8H2;1H4. The second kappa shape index (κ2) is 55.6. The SMILES string of the molecule is C.CCc1c2c(nc3ccc(OO[Si](C)(C)C(C)(C)C)cc13)-c1cc3c(c(=O)n1C2)COC(=O)C3(CC)OC(=O)Cl.CNCCCCC(N)C(=O)Nc1ccc(CO)cc1.CNCCCCC(NC(=O)COCC(=O)NCCOCCN=[N+]=[N-])C(=O)Nc1ccc(CO)cc1.CNCCCCC(NC(=O)OCC1c2ccccc2-c2ccccc21)C(=O)O.Nc1ccc(CO)cc1. The summed E-state index contributed by atoms with van der Waals surface area (Å²) in [6.07, 6.45) is 6.62. The first-order valence-corrected chi connectivity index (χ1v) is 47.0. The molecule has 0 radical (unpaired) electrons. The average Bonchev–Trinajstić information content (AvgIpc) is 1.47. The van der Waals surface area contributed by atoms with Gasteiger partial charge in [-0.2, -0.15) is 0 Å². The molecule has 0 fully saturated rings. The van der Waals surface area contributed by atoms with E-state index in [0.717, 1.165) is 118 Å². The van der Waals surface area contributed by atoms with Crippen LogP contribution < -0.4 is 64.4 Å². The number of aryl methyl sites for hydroxylation is 1. The lowest BCUT2D eigenvalue weighted by atomic mass is 9.85. The van der Waals surface area contributed by atoms with Gasteiger partial charge in [-0.1, -0.05) is 139 Å². The number of carbonyl (C=O) groups is 8. The van der Waals surface area contributed by atoms with E-state index in [0.29, 0.717) is 67.2 Å². The number of aliphatic hydroxyl groups is 3. The summed E-state index contributed by atoms with van der Waals surface area (Å²) in [4.78, 5) is 124. The molecule has 0 saturated heterocycles. The highest BCUT2D eigenvalue weighted by Crippen LogP contribution is 2.46. The van der Waals surface area contributed by atoms with Gasteiger partial charge >= 0.3 is 23.5 Å². The first-order chi connectivity index (χ1) is 62.8. The van der Waals surface area contributed by atoms with Crippen LogP contribution in [0.5, 0.6) is 5.75 Å². The number of hydrogen-bond acceptors (Lipinski definition) is 26. The Labute approximate surface area is 776 Å². The second-order valence-electron chi connectivity index (χ2n) is 32.7. The van der Waals surface area contributed by atoms with E-state index in [4.69, 9.17) is 82.1 Å². The normalized spacial score (nSPS) is 13.7. The van der Waals surface area contributed by atoms with E-state index >= 15 is 0 Å². The summed E-state index contributed by atoms with van der Waals surface area (Å²) in [6.45, 7) is 17.5. The molecule has 16 N–H and O–H groups in total. The molecule has 132 heavy (non-hydrogen) atoms. The number of unbranched alkanes of at least 4 members (excludes halogenated alkanes) is 3. The molecule has 0 saturated carbocycles. The number of nitrogen functional groups attached to an aromatic ring is 1. The minimum atomic E-state index is -2.14. The van der Waals surface area contributed by atoms with Crippen LogP contribution in [0.15, 0.2) is 156 Å². The van der Waals surface area contributed by atoms with Gasteiger partial charge < -0.3 is 108 Å². The Morgan fingerprint density at radius 1 is 0.689 bits per heavy atom. The molecule has 2 aromatic heterocycles. The maximum Gasteiger partial charge on any atom is 0.407 e. The lowest BCUT2D eigenvalue weighted by Gasteiger charge is -2.34. The fourth-order valence-electron chi connectivity index (χ4n) is 14.1. The maximum atomic E-state index is 13.7. The van der Waals surface area contributed by atoms with Gasteiger partial charge in [0.25, 0.3) is 13.9 Å². The average molecular weight is 1870 g/mol. The first-order valence-electron chi connectivity index (χ1n) is 43.7. The number of nitrogens with one attached hydrogen (secondary N) is 8. The van der Waals surface area contributed by atoms with Gasteiger partial charge in [-0.05, 0) is 234 Å². The number of pyridine rings is 2. The summed E-state index contributed by atoms with van der Waals surface area (Å²) in [7, 11) is 3.46. The molecule has 1 aliphatic carbocycles. The van der Waals surface area contributed by atoms with Crippen molar-refractivity contribution < 1.29 is 91.9 Å². The Morgan fingerprint density at radius 3 is 1.77 bits per heavy atom. The molecule has 4 atom stereocenters. The molecule has 35 nitrogen and oxygen atoms in total. The highest BCUT2D eigenvalue weighted by molar-refractivity contribution is 6.73. The van der Waals surface area contributed by atoms with Gasteiger partial charge in [-0.15, -0.1) is 0 Å². The van der Waals surface area contributed by atoms with Crippen molar-refractivity contribution in [3.8, 4) is 28.3 Å². The molecule has 6 aromatic carbocycles. The van der Waals surface area contributed by atoms with Crippen LogP contribution in [0.3, 0.4) is 0 Å². The summed E-state index contributed by atoms with van der Waals surface area (Å²) < 4.78 is 34.0. The molecule has 0 spiro atoms. The number of esters is 1. The lowest BCUT2D eigenvalue weighted by molar-refractivity contribution is -0.171. The Hall–Kier alpha value is -11.7. The van der Waals surface area contributed by atoms with E-state index in [9.17, 15) is 48.3 Å². The smallest absolute Gasteiger partial charge is 0.407 e. The number of halogens is 1. The number of rotatable bonds is 43. The maximum absolute atomic E-state index is 13.7. The van der Waals surface area contributed by atoms with E-state index in [2.05, 4.69) is 105 Å². The van der Waals surface area contributed by atoms with E-state index in [-0.39, 0.29) is 126 Å². The van der Waals surface area contributed by atoms with Gasteiger partial charge in [-0.3, -0.25) is 24.0 Å². The molecule has 8 aromatic rings. The highest BCUT2D eigenvalue weighted by atomic mass is 35.5. The van der Waals surface area contributed by atoms with Crippen molar-refractivity contribution in [2.24, 2.45) is 10.8 Å². The Balaban J connectivity index is 0.000000268. The summed E-state index contributed by atoms with van der Waals surface area (Å²) in [5.41, 5.74) is 29.5. The molecule has 37 heteroatoms. The molecular formula is C95H130ClN15O20Si. The number of aliphatic hydroxyl groups excluding tert-OH is 3. The molecule has 716 valence electrons. The number of anilines is 3. The van der Waals surface area contributed by atoms with Gasteiger partial charge in [-0.25, -0.2) is 28.7 Å². The number of nitrogens with zero attached hydrogens (tertiary/aromatic N) is 5. The van der Waals surface area contributed by atoms with Crippen molar-refractivity contribution in [1.82, 2.24) is 41.5 Å². The van der Waals surface area contributed by atoms with E-state index in [1.807, 2.05) is 75.7 Å². The fraction of sp³-hybridized carbons (Fsp3) is 0.453. The molecule has 5 amide bonds. The Kier molecular flexibility index (Phi) is 45.9. The van der Waals surface area contributed by atoms with Crippen molar-refractivity contribution in [3.05, 3.63) is 216 Å². The van der Waals surface area contributed by atoms with Crippen LogP contribution in [0.1, 0.15) is 162 Å². The molecule has 0 bridgehead atoms. The van der Waals surface area contributed by atoms with E-state index in [1.54, 1.807) is 90.4 Å². The number of carboxylic acid groups (broad SMARTS) is 1. The zero-order chi connectivity index (χ0) is 95.6. The number of hydrogen-bond donors (Lipinski definition) is 14. The van der Waals surface area contributed by atoms with Gasteiger partial charge in [0.1, 0.15) is 38.5 Å². The molecule has 3 aliphatic rings. The van der Waals surface area contributed by atoms with Crippen molar-refractivity contribution in [2.45, 2.75) is 193 Å². The number of alkyl carbamates (subject to hydrolysis) is 1. The fourth-order valence-corrected chi connectivity index (χ4v) is 14.8. The molecule has 4 heterocycles. The summed E-state index contributed by atoms with van der Waals surface area (Å²) in [5, 5.41) is 62.6. The summed E-state index contributed by atoms with van der Waals surface area (Å²) in [5.74, 6) is -2.71. The number of aliphatic carboxylic acids is 1. The number of ether oxygens (including phenoxy) is 5. The zero-order valence-electron chi connectivity index (χ0n) is 76.1. The third-order valence-electron chi connectivity index (χ3n) is 22.4. The highest BCUT2D eigenvalue weighted by Gasteiger charge is 2.51. The van der Waals surface area contributed by atoms with Crippen molar-refractivity contribution in [3.63, 3.8) is 0 Å². The van der Waals surface area contributed by atoms with Gasteiger partial charge in [0.15, 0.2) is 5.75 Å². The van der Waals surface area contributed by atoms with Crippen LogP contribution in [-0.4, -0.2) is 190 Å². The van der Waals surface area contributed by atoms with Crippen LogP contribution >= 0.6 is 11.6 Å². The molecular weight excluding hydrogens is 1730 g/mol. The quantitative estimate of drug-likeness (QED) is 0.00144. The number of carboxylic acids is 1. The van der Waals surface area contributed by atoms with Gasteiger partial charge in [0, 0.05) is 69.1 Å². The predicted molar refractivity (Wildman–Crippen MR) is 510 cm³/mol. The van der Waals surface area contributed by atoms with Crippen LogP contribution in [-0.2, 0) is 102 Å². The summed E-state index contributed by atoms with van der Waals surface area (Å²) in [6, 6.07) is 42.3. The van der Waals surface area contributed by atoms with Crippen molar-refractivity contribution in [2.75, 3.05) is 103 Å². The largest absolute Gasteiger partial charge is 0.480 e. The number of amides is 5. The monoisotopic (exact) mass is 1860 g/mol. The number of fused-ring (bicyclic) bond motifs is 8. The molecule has 11 rings (SSSR count). The zero-order valence-corrected chi connectivity index (χ0v) is 77.9. The number of cyclic esters (lactones) is 1. The van der Waals surface area contributed by atoms with Crippen LogP contribution in [0.2, 0.25) is 18.1 Å². The van der Waals surface area contributed by atoms with Gasteiger partial charge in [0.2, 0.25) is 29.2 Å². The van der Waals surface area contributed by atoms with E-state index in [1.165, 1.54) is 0 Å². The minimum Gasteiger partial charge on any atom is -0.480 e. The van der Waals surface area contributed by atoms with Crippen LogP contribution in [0, 0.1) is 0 Å². The molecule has 2 aliphatic heterocycles. The number of nitrogens with two attached hydrogens (primary N) is 2. The lowest BCUT2D eigenvalue weighted by Crippen LogP contribution is -2.46. The number of aromatic nitrogens is 2.